The number of benzene rings is 1. The second-order valence-electron chi connectivity index (χ2n) is 3.52. The predicted octanol–water partition coefficient (Wildman–Crippen LogP) is 2.71. The third-order valence-electron chi connectivity index (χ3n) is 2.28. The monoisotopic (exact) mass is 218 g/mol. The fourth-order valence-corrected chi connectivity index (χ4v) is 1.39. The Hall–Kier alpha value is -2.10. The number of aromatic amines is 1. The van der Waals surface area contributed by atoms with Crippen molar-refractivity contribution in [3.05, 3.63) is 53.6 Å². The zero-order valence-electron chi connectivity index (χ0n) is 8.75. The molecule has 1 heterocycles. The second kappa shape index (κ2) is 4.18. The SMILES string of the molecule is Cc1cc(NC(=O)c2cc[nH]c2)ccc1F. The Bertz CT molecular complexity index is 506. The van der Waals surface area contributed by atoms with Gasteiger partial charge in [0, 0.05) is 18.1 Å². The van der Waals surface area contributed by atoms with Crippen molar-refractivity contribution in [3.8, 4) is 0 Å². The first-order valence-electron chi connectivity index (χ1n) is 4.87. The lowest BCUT2D eigenvalue weighted by atomic mass is 10.2. The number of aryl methyl sites for hydroxylation is 1. The molecule has 2 aromatic rings. The van der Waals surface area contributed by atoms with Gasteiger partial charge in [-0.3, -0.25) is 4.79 Å². The summed E-state index contributed by atoms with van der Waals surface area (Å²) in [5.41, 5.74) is 1.64. The van der Waals surface area contributed by atoms with Crippen LogP contribution in [-0.2, 0) is 0 Å². The van der Waals surface area contributed by atoms with E-state index in [9.17, 15) is 9.18 Å². The molecule has 3 nitrogen and oxygen atoms in total. The Balaban J connectivity index is 2.15. The van der Waals surface area contributed by atoms with E-state index < -0.39 is 0 Å². The first-order chi connectivity index (χ1) is 7.66. The highest BCUT2D eigenvalue weighted by molar-refractivity contribution is 6.04. The molecule has 0 aliphatic rings. The minimum atomic E-state index is -0.278. The number of H-pyrrole nitrogens is 1. The molecule has 1 aromatic heterocycles. The number of carbonyl (C=O) groups excluding carboxylic acids is 1. The van der Waals surface area contributed by atoms with Crippen LogP contribution in [0.3, 0.4) is 0 Å². The van der Waals surface area contributed by atoms with Gasteiger partial charge in [-0.15, -0.1) is 0 Å². The van der Waals surface area contributed by atoms with Crippen LogP contribution in [0, 0.1) is 12.7 Å². The van der Waals surface area contributed by atoms with Crippen molar-refractivity contribution in [2.45, 2.75) is 6.92 Å². The van der Waals surface area contributed by atoms with Gasteiger partial charge in [-0.1, -0.05) is 0 Å². The minimum Gasteiger partial charge on any atom is -0.367 e. The topological polar surface area (TPSA) is 44.9 Å². The zero-order valence-corrected chi connectivity index (χ0v) is 8.75. The smallest absolute Gasteiger partial charge is 0.257 e. The van der Waals surface area contributed by atoms with E-state index in [0.717, 1.165) is 0 Å². The molecule has 0 aliphatic carbocycles. The molecule has 0 unspecified atom stereocenters. The number of anilines is 1. The summed E-state index contributed by atoms with van der Waals surface area (Å²) in [5, 5.41) is 2.69. The summed E-state index contributed by atoms with van der Waals surface area (Å²) in [6, 6.07) is 6.14. The standard InChI is InChI=1S/C12H11FN2O/c1-8-6-10(2-3-11(8)13)15-12(16)9-4-5-14-7-9/h2-7,14H,1H3,(H,15,16). The number of hydrogen-bond acceptors (Lipinski definition) is 1. The largest absolute Gasteiger partial charge is 0.367 e. The summed E-state index contributed by atoms with van der Waals surface area (Å²) in [6.45, 7) is 1.65. The van der Waals surface area contributed by atoms with Crippen LogP contribution in [0.4, 0.5) is 10.1 Å². The van der Waals surface area contributed by atoms with Crippen LogP contribution >= 0.6 is 0 Å². The first kappa shape index (κ1) is 10.4. The fourth-order valence-electron chi connectivity index (χ4n) is 1.39. The van der Waals surface area contributed by atoms with Crippen molar-refractivity contribution in [3.63, 3.8) is 0 Å². The molecule has 0 atom stereocenters. The Morgan fingerprint density at radius 1 is 1.38 bits per heavy atom. The molecule has 0 saturated heterocycles. The molecule has 0 aliphatic heterocycles. The molecule has 16 heavy (non-hydrogen) atoms. The lowest BCUT2D eigenvalue weighted by Crippen LogP contribution is -2.11. The van der Waals surface area contributed by atoms with Crippen molar-refractivity contribution in [1.29, 1.82) is 0 Å². The van der Waals surface area contributed by atoms with Crippen LogP contribution < -0.4 is 5.32 Å². The number of carbonyl (C=O) groups is 1. The summed E-state index contributed by atoms with van der Waals surface area (Å²) < 4.78 is 13.0. The van der Waals surface area contributed by atoms with Gasteiger partial charge >= 0.3 is 0 Å². The van der Waals surface area contributed by atoms with Crippen LogP contribution in [0.2, 0.25) is 0 Å². The summed E-state index contributed by atoms with van der Waals surface area (Å²) in [7, 11) is 0. The van der Waals surface area contributed by atoms with Gasteiger partial charge in [-0.2, -0.15) is 0 Å². The van der Waals surface area contributed by atoms with Gasteiger partial charge in [-0.05, 0) is 36.8 Å². The van der Waals surface area contributed by atoms with Crippen molar-refractivity contribution >= 4 is 11.6 Å². The van der Waals surface area contributed by atoms with Crippen molar-refractivity contribution in [1.82, 2.24) is 4.98 Å². The minimum absolute atomic E-state index is 0.216. The number of halogens is 1. The van der Waals surface area contributed by atoms with Gasteiger partial charge in [-0.25, -0.2) is 4.39 Å². The molecule has 0 fully saturated rings. The van der Waals surface area contributed by atoms with Gasteiger partial charge in [0.2, 0.25) is 0 Å². The number of nitrogens with one attached hydrogen (secondary N) is 2. The van der Waals surface area contributed by atoms with Crippen LogP contribution in [-0.4, -0.2) is 10.9 Å². The molecular weight excluding hydrogens is 207 g/mol. The van der Waals surface area contributed by atoms with E-state index in [1.165, 1.54) is 12.1 Å². The maximum Gasteiger partial charge on any atom is 0.257 e. The summed E-state index contributed by atoms with van der Waals surface area (Å²) >= 11 is 0. The van der Waals surface area contributed by atoms with Gasteiger partial charge in [0.25, 0.3) is 5.91 Å². The van der Waals surface area contributed by atoms with E-state index in [1.54, 1.807) is 31.5 Å². The molecule has 1 aromatic carbocycles. The van der Waals surface area contributed by atoms with E-state index in [4.69, 9.17) is 0 Å². The van der Waals surface area contributed by atoms with E-state index in [1.807, 2.05) is 0 Å². The average molecular weight is 218 g/mol. The van der Waals surface area contributed by atoms with Crippen LogP contribution in [0.25, 0.3) is 0 Å². The van der Waals surface area contributed by atoms with Gasteiger partial charge in [0.05, 0.1) is 5.56 Å². The van der Waals surface area contributed by atoms with Crippen LogP contribution in [0.1, 0.15) is 15.9 Å². The van der Waals surface area contributed by atoms with E-state index in [-0.39, 0.29) is 11.7 Å². The molecule has 2 N–H and O–H groups in total. The number of amides is 1. The molecular formula is C12H11FN2O. The van der Waals surface area contributed by atoms with Crippen molar-refractivity contribution < 1.29 is 9.18 Å². The number of aromatic nitrogens is 1. The third-order valence-corrected chi connectivity index (χ3v) is 2.28. The van der Waals surface area contributed by atoms with Crippen LogP contribution in [0.15, 0.2) is 36.7 Å². The number of hydrogen-bond donors (Lipinski definition) is 2. The maximum absolute atomic E-state index is 13.0. The number of rotatable bonds is 2. The van der Waals surface area contributed by atoms with Crippen molar-refractivity contribution in [2.75, 3.05) is 5.32 Å². The van der Waals surface area contributed by atoms with Crippen molar-refractivity contribution in [2.24, 2.45) is 0 Å². The van der Waals surface area contributed by atoms with Gasteiger partial charge in [0.1, 0.15) is 5.82 Å². The lowest BCUT2D eigenvalue weighted by Gasteiger charge is -2.05. The Labute approximate surface area is 92.3 Å². The molecule has 0 radical (unpaired) electrons. The fraction of sp³-hybridized carbons (Fsp3) is 0.0833. The summed E-state index contributed by atoms with van der Waals surface area (Å²) in [5.74, 6) is -0.494. The van der Waals surface area contributed by atoms with Crippen LogP contribution in [0.5, 0.6) is 0 Å². The van der Waals surface area contributed by atoms with E-state index in [2.05, 4.69) is 10.3 Å². The molecule has 4 heteroatoms. The molecule has 0 spiro atoms. The normalized spacial score (nSPS) is 10.1. The Morgan fingerprint density at radius 3 is 2.81 bits per heavy atom. The van der Waals surface area contributed by atoms with E-state index >= 15 is 0 Å². The highest BCUT2D eigenvalue weighted by Gasteiger charge is 2.06. The average Bonchev–Trinajstić information content (AvgIpc) is 2.77. The maximum atomic E-state index is 13.0. The Morgan fingerprint density at radius 2 is 2.19 bits per heavy atom. The van der Waals surface area contributed by atoms with E-state index in [0.29, 0.717) is 16.8 Å². The molecule has 0 bridgehead atoms. The molecule has 1 amide bonds. The predicted molar refractivity (Wildman–Crippen MR) is 59.9 cm³/mol. The highest BCUT2D eigenvalue weighted by Crippen LogP contribution is 2.14. The molecule has 82 valence electrons. The molecule has 2 rings (SSSR count). The molecule has 0 saturated carbocycles. The third kappa shape index (κ3) is 2.11. The zero-order chi connectivity index (χ0) is 11.5. The Kier molecular flexibility index (Phi) is 2.72. The quantitative estimate of drug-likeness (QED) is 0.799. The van der Waals surface area contributed by atoms with Gasteiger partial charge < -0.3 is 10.3 Å². The lowest BCUT2D eigenvalue weighted by molar-refractivity contribution is 0.102. The second-order valence-corrected chi connectivity index (χ2v) is 3.52. The first-order valence-corrected chi connectivity index (χ1v) is 4.87. The van der Waals surface area contributed by atoms with Gasteiger partial charge in [0.15, 0.2) is 0 Å². The summed E-state index contributed by atoms with van der Waals surface area (Å²) in [4.78, 5) is 14.4. The highest BCUT2D eigenvalue weighted by atomic mass is 19.1. The summed E-state index contributed by atoms with van der Waals surface area (Å²) in [6.07, 6.45) is 3.27.